The Labute approximate surface area is 156 Å². The third kappa shape index (κ3) is 6.64. The third-order valence-corrected chi connectivity index (χ3v) is 3.79. The Morgan fingerprint density at radius 3 is 2.50 bits per heavy atom. The molecule has 0 spiro atoms. The number of carbonyl (C=O) groups excluding carboxylic acids is 2. The van der Waals surface area contributed by atoms with Gasteiger partial charge in [-0.15, -0.1) is 0 Å². The topological polar surface area (TPSA) is 78.9 Å². The first-order valence-corrected chi connectivity index (χ1v) is 10.1. The smallest absolute Gasteiger partial charge is 0.341 e. The zero-order chi connectivity index (χ0) is 17.9. The van der Waals surface area contributed by atoms with Crippen LogP contribution < -0.4 is 5.32 Å². The maximum atomic E-state index is 11.9. The van der Waals surface area contributed by atoms with E-state index in [2.05, 4.69) is 37.5 Å². The number of nitrogens with one attached hydrogen (secondary N) is 1. The number of hydrogen-bond acceptors (Lipinski definition) is 5. The molecule has 1 aromatic carbocycles. The second-order valence-electron chi connectivity index (χ2n) is 5.42. The van der Waals surface area contributed by atoms with Crippen LogP contribution in [0.1, 0.15) is 36.0 Å². The first kappa shape index (κ1) is 20.7. The lowest BCUT2D eigenvalue weighted by atomic mass is 10.1. The van der Waals surface area contributed by atoms with E-state index in [1.807, 2.05) is 4.93 Å². The number of piperidine rings is 1. The van der Waals surface area contributed by atoms with Gasteiger partial charge in [0.25, 0.3) is 0 Å². The molecule has 1 aromatic rings. The Morgan fingerprint density at radius 1 is 1.25 bits per heavy atom. The van der Waals surface area contributed by atoms with Crippen molar-refractivity contribution in [1.82, 2.24) is 4.90 Å². The average molecular weight is 448 g/mol. The molecule has 134 valence electrons. The summed E-state index contributed by atoms with van der Waals surface area (Å²) in [5.41, 5.74) is 0.544. The molecule has 1 heterocycles. The number of nitrogens with zero attached hydrogens (tertiary/aromatic N) is 1. The molecule has 7 heteroatoms. The van der Waals surface area contributed by atoms with Gasteiger partial charge in [0.15, 0.2) is 0 Å². The molecular formula is C17H25IN2O4. The molecule has 1 fully saturated rings. The number of phenols is 1. The van der Waals surface area contributed by atoms with Crippen molar-refractivity contribution in [3.05, 3.63) is 23.8 Å². The second-order valence-corrected chi connectivity index (χ2v) is 5.42. The highest BCUT2D eigenvalue weighted by molar-refractivity contribution is 14.1. The van der Waals surface area contributed by atoms with Gasteiger partial charge in [-0.05, 0) is 43.0 Å². The van der Waals surface area contributed by atoms with Gasteiger partial charge in [0, 0.05) is 24.7 Å². The van der Waals surface area contributed by atoms with E-state index >= 15 is 0 Å². The Bertz CT molecular complexity index is 545. The highest BCUT2D eigenvalue weighted by atomic mass is 127. The SMILES string of the molecule is CI.COC(=O)c1ccc(NC(=O)CCN2CCCCC2)cc1O. The monoisotopic (exact) mass is 448 g/mol. The van der Waals surface area contributed by atoms with Crippen LogP contribution in [0.4, 0.5) is 5.69 Å². The number of anilines is 1. The van der Waals surface area contributed by atoms with Crippen LogP contribution in [0, 0.1) is 0 Å². The fourth-order valence-electron chi connectivity index (χ4n) is 2.56. The van der Waals surface area contributed by atoms with Gasteiger partial charge in [-0.1, -0.05) is 29.0 Å². The van der Waals surface area contributed by atoms with Crippen molar-refractivity contribution < 1.29 is 19.4 Å². The molecule has 24 heavy (non-hydrogen) atoms. The van der Waals surface area contributed by atoms with Gasteiger partial charge in [-0.2, -0.15) is 0 Å². The quantitative estimate of drug-likeness (QED) is 0.412. The Hall–Kier alpha value is -1.35. The molecule has 6 nitrogen and oxygen atoms in total. The summed E-state index contributed by atoms with van der Waals surface area (Å²) < 4.78 is 4.55. The fraction of sp³-hybridized carbons (Fsp3) is 0.529. The maximum absolute atomic E-state index is 11.9. The van der Waals surface area contributed by atoms with Crippen LogP contribution in [0.25, 0.3) is 0 Å². The summed E-state index contributed by atoms with van der Waals surface area (Å²) in [6, 6.07) is 4.36. The number of hydrogen-bond donors (Lipinski definition) is 2. The lowest BCUT2D eigenvalue weighted by Gasteiger charge is -2.25. The van der Waals surface area contributed by atoms with E-state index in [0.717, 1.165) is 19.6 Å². The minimum absolute atomic E-state index is 0.0776. The van der Waals surface area contributed by atoms with Crippen molar-refractivity contribution in [1.29, 1.82) is 0 Å². The molecule has 2 N–H and O–H groups in total. The van der Waals surface area contributed by atoms with Gasteiger partial charge < -0.3 is 20.1 Å². The van der Waals surface area contributed by atoms with Gasteiger partial charge in [0.2, 0.25) is 5.91 Å². The molecule has 1 amide bonds. The van der Waals surface area contributed by atoms with Crippen molar-refractivity contribution in [3.63, 3.8) is 0 Å². The van der Waals surface area contributed by atoms with Gasteiger partial charge >= 0.3 is 5.97 Å². The summed E-state index contributed by atoms with van der Waals surface area (Å²) in [4.78, 5) is 27.6. The Balaban J connectivity index is 0.00000139. The molecule has 1 aliphatic rings. The lowest BCUT2D eigenvalue weighted by Crippen LogP contribution is -2.32. The molecule has 1 aliphatic heterocycles. The van der Waals surface area contributed by atoms with Crippen LogP contribution in [0.5, 0.6) is 5.75 Å². The number of aromatic hydroxyl groups is 1. The standard InChI is InChI=1S/C16H22N2O4.CH3I/c1-22-16(21)13-6-5-12(11-14(13)19)17-15(20)7-10-18-8-3-2-4-9-18;1-2/h5-6,11,19H,2-4,7-10H2,1H3,(H,17,20);1H3. The van der Waals surface area contributed by atoms with E-state index in [1.165, 1.54) is 38.5 Å². The summed E-state index contributed by atoms with van der Waals surface area (Å²) in [6.45, 7) is 2.86. The summed E-state index contributed by atoms with van der Waals surface area (Å²) in [7, 11) is 1.25. The number of methoxy groups -OCH3 is 1. The second kappa shape index (κ2) is 11.2. The molecule has 2 rings (SSSR count). The van der Waals surface area contributed by atoms with E-state index in [1.54, 1.807) is 6.07 Å². The van der Waals surface area contributed by atoms with Crippen LogP contribution in [0.15, 0.2) is 18.2 Å². The zero-order valence-corrected chi connectivity index (χ0v) is 16.3. The predicted molar refractivity (Wildman–Crippen MR) is 103 cm³/mol. The number of ether oxygens (including phenoxy) is 1. The molecule has 0 aliphatic carbocycles. The van der Waals surface area contributed by atoms with Gasteiger partial charge in [0.05, 0.1) is 7.11 Å². The fourth-order valence-corrected chi connectivity index (χ4v) is 2.56. The minimum atomic E-state index is -0.611. The van der Waals surface area contributed by atoms with E-state index < -0.39 is 5.97 Å². The summed E-state index contributed by atoms with van der Waals surface area (Å²) >= 11 is 2.15. The number of rotatable bonds is 5. The number of alkyl halides is 1. The number of amides is 1. The molecule has 0 saturated carbocycles. The molecule has 0 unspecified atom stereocenters. The van der Waals surface area contributed by atoms with Crippen molar-refractivity contribution in [2.45, 2.75) is 25.7 Å². The largest absolute Gasteiger partial charge is 0.507 e. The van der Waals surface area contributed by atoms with E-state index in [-0.39, 0.29) is 17.2 Å². The lowest BCUT2D eigenvalue weighted by molar-refractivity contribution is -0.116. The molecular weight excluding hydrogens is 423 g/mol. The van der Waals surface area contributed by atoms with Crippen LogP contribution in [0.2, 0.25) is 0 Å². The molecule has 1 saturated heterocycles. The Morgan fingerprint density at radius 2 is 1.92 bits per heavy atom. The van der Waals surface area contributed by atoms with Crippen LogP contribution in [-0.2, 0) is 9.53 Å². The van der Waals surface area contributed by atoms with E-state index in [9.17, 15) is 14.7 Å². The Kier molecular flexibility index (Phi) is 9.70. The summed E-state index contributed by atoms with van der Waals surface area (Å²) in [5, 5.41) is 12.5. The van der Waals surface area contributed by atoms with Crippen LogP contribution in [0.3, 0.4) is 0 Å². The highest BCUT2D eigenvalue weighted by Crippen LogP contribution is 2.22. The predicted octanol–water partition coefficient (Wildman–Crippen LogP) is 3.04. The first-order chi connectivity index (χ1) is 11.6. The molecule has 0 bridgehead atoms. The van der Waals surface area contributed by atoms with Crippen molar-refractivity contribution in [2.24, 2.45) is 0 Å². The number of likely N-dealkylation sites (tertiary alicyclic amines) is 1. The first-order valence-electron chi connectivity index (χ1n) is 7.91. The summed E-state index contributed by atoms with van der Waals surface area (Å²) in [6.07, 6.45) is 4.09. The van der Waals surface area contributed by atoms with Crippen molar-refractivity contribution in [3.8, 4) is 5.75 Å². The highest BCUT2D eigenvalue weighted by Gasteiger charge is 2.14. The van der Waals surface area contributed by atoms with Crippen molar-refractivity contribution >= 4 is 40.2 Å². The molecule has 0 atom stereocenters. The average Bonchev–Trinajstić information content (AvgIpc) is 2.62. The van der Waals surface area contributed by atoms with Gasteiger partial charge in [0.1, 0.15) is 11.3 Å². The zero-order valence-electron chi connectivity index (χ0n) is 14.2. The normalized spacial score (nSPS) is 14.3. The summed E-state index contributed by atoms with van der Waals surface area (Å²) in [5.74, 6) is -0.919. The van der Waals surface area contributed by atoms with Crippen molar-refractivity contribution in [2.75, 3.05) is 37.0 Å². The molecule has 0 radical (unpaired) electrons. The number of halogens is 1. The number of esters is 1. The van der Waals surface area contributed by atoms with Crippen LogP contribution >= 0.6 is 22.6 Å². The van der Waals surface area contributed by atoms with E-state index in [0.29, 0.717) is 12.1 Å². The van der Waals surface area contributed by atoms with E-state index in [4.69, 9.17) is 0 Å². The third-order valence-electron chi connectivity index (χ3n) is 3.79. The minimum Gasteiger partial charge on any atom is -0.507 e. The van der Waals surface area contributed by atoms with Crippen LogP contribution in [-0.4, -0.2) is 53.6 Å². The number of carbonyl (C=O) groups is 2. The van der Waals surface area contributed by atoms with Gasteiger partial charge in [-0.3, -0.25) is 4.79 Å². The number of benzene rings is 1. The maximum Gasteiger partial charge on any atom is 0.341 e. The van der Waals surface area contributed by atoms with Gasteiger partial charge in [-0.25, -0.2) is 4.79 Å². The molecule has 0 aromatic heterocycles. The number of phenolic OH excluding ortho intramolecular Hbond substituents is 1.